The molecule has 0 aromatic heterocycles. The second kappa shape index (κ2) is 9.79. The number of sulfonamides is 1. The highest BCUT2D eigenvalue weighted by Gasteiger charge is 2.36. The summed E-state index contributed by atoms with van der Waals surface area (Å²) in [5.41, 5.74) is -0.0888. The third kappa shape index (κ3) is 5.31. The zero-order valence-electron chi connectivity index (χ0n) is 18.6. The van der Waals surface area contributed by atoms with Crippen LogP contribution < -0.4 is 4.90 Å². The maximum atomic E-state index is 13.2. The van der Waals surface area contributed by atoms with Gasteiger partial charge >= 0.3 is 6.18 Å². The molecule has 0 unspecified atom stereocenters. The first-order chi connectivity index (χ1) is 16.5. The molecule has 2 aliphatic heterocycles. The Kier molecular flexibility index (Phi) is 7.12. The summed E-state index contributed by atoms with van der Waals surface area (Å²) < 4.78 is 66.4. The van der Waals surface area contributed by atoms with Crippen LogP contribution in [0.5, 0.6) is 0 Å². The minimum Gasteiger partial charge on any atom is -0.336 e. The molecular formula is C23H23ClF3N3O4S. The van der Waals surface area contributed by atoms with Crippen molar-refractivity contribution < 1.29 is 31.2 Å². The molecule has 0 bridgehead atoms. The summed E-state index contributed by atoms with van der Waals surface area (Å²) in [7, 11) is -4.20. The summed E-state index contributed by atoms with van der Waals surface area (Å²) >= 11 is 5.60. The Hall–Kier alpha value is -2.63. The van der Waals surface area contributed by atoms with Crippen molar-refractivity contribution in [2.45, 2.75) is 30.3 Å². The number of hydrogen-bond donors (Lipinski definition) is 0. The van der Waals surface area contributed by atoms with E-state index in [1.807, 2.05) is 0 Å². The Morgan fingerprint density at radius 2 is 1.57 bits per heavy atom. The van der Waals surface area contributed by atoms with Crippen LogP contribution in [-0.2, 0) is 21.0 Å². The third-order valence-corrected chi connectivity index (χ3v) is 8.38. The van der Waals surface area contributed by atoms with Gasteiger partial charge in [-0.2, -0.15) is 17.5 Å². The number of piperazine rings is 1. The van der Waals surface area contributed by atoms with Crippen LogP contribution in [0.4, 0.5) is 18.9 Å². The molecule has 35 heavy (non-hydrogen) atoms. The molecule has 0 radical (unpaired) electrons. The average Bonchev–Trinajstić information content (AvgIpc) is 2.83. The Labute approximate surface area is 206 Å². The van der Waals surface area contributed by atoms with E-state index in [4.69, 9.17) is 11.6 Å². The van der Waals surface area contributed by atoms with E-state index in [2.05, 4.69) is 0 Å². The standard InChI is InChI=1S/C23H23ClF3N3O4S/c24-20-9-8-18(15-19(20)23(25,26)27)35(33,34)29-13-11-28(12-14-29)22(32)16-4-6-17(7-5-16)30-10-2-1-3-21(30)31/h4-9,15H,1-3,10-14H2. The molecule has 0 atom stereocenters. The van der Waals surface area contributed by atoms with Crippen molar-refractivity contribution >= 4 is 39.1 Å². The SMILES string of the molecule is O=C(c1ccc(N2CCCCC2=O)cc1)N1CCN(S(=O)(=O)c2ccc(Cl)c(C(F)(F)F)c2)CC1. The van der Waals surface area contributed by atoms with Gasteiger partial charge in [-0.05, 0) is 55.3 Å². The first-order valence-corrected chi connectivity index (χ1v) is 12.9. The van der Waals surface area contributed by atoms with Gasteiger partial charge in [-0.1, -0.05) is 11.6 Å². The van der Waals surface area contributed by atoms with Crippen molar-refractivity contribution in [1.82, 2.24) is 9.21 Å². The highest BCUT2D eigenvalue weighted by atomic mass is 35.5. The van der Waals surface area contributed by atoms with Gasteiger partial charge in [0.25, 0.3) is 5.91 Å². The molecule has 0 N–H and O–H groups in total. The lowest BCUT2D eigenvalue weighted by atomic mass is 10.1. The number of amides is 2. The van der Waals surface area contributed by atoms with Gasteiger partial charge in [-0.3, -0.25) is 9.59 Å². The molecular weight excluding hydrogens is 507 g/mol. The minimum atomic E-state index is -4.79. The number of benzene rings is 2. The maximum Gasteiger partial charge on any atom is 0.417 e. The highest BCUT2D eigenvalue weighted by Crippen LogP contribution is 2.36. The van der Waals surface area contributed by atoms with E-state index in [1.54, 1.807) is 29.2 Å². The Bertz CT molecular complexity index is 1230. The molecule has 0 saturated carbocycles. The van der Waals surface area contributed by atoms with E-state index in [0.29, 0.717) is 24.6 Å². The van der Waals surface area contributed by atoms with Gasteiger partial charge < -0.3 is 9.80 Å². The van der Waals surface area contributed by atoms with Gasteiger partial charge in [0.2, 0.25) is 15.9 Å². The fourth-order valence-corrected chi connectivity index (χ4v) is 5.88. The molecule has 2 aromatic rings. The molecule has 2 heterocycles. The number of alkyl halides is 3. The number of anilines is 1. The molecule has 2 aliphatic rings. The normalized spacial score (nSPS) is 18.1. The minimum absolute atomic E-state index is 0.0516. The van der Waals surface area contributed by atoms with Crippen LogP contribution in [0.15, 0.2) is 47.4 Å². The molecule has 7 nitrogen and oxygen atoms in total. The van der Waals surface area contributed by atoms with Crippen molar-refractivity contribution in [2.75, 3.05) is 37.6 Å². The van der Waals surface area contributed by atoms with Gasteiger partial charge in [0.1, 0.15) is 0 Å². The highest BCUT2D eigenvalue weighted by molar-refractivity contribution is 7.89. The zero-order chi connectivity index (χ0) is 25.4. The second-order valence-corrected chi connectivity index (χ2v) is 10.7. The summed E-state index contributed by atoms with van der Waals surface area (Å²) in [5.74, 6) is -0.236. The van der Waals surface area contributed by atoms with Crippen LogP contribution in [0.25, 0.3) is 0 Å². The van der Waals surface area contributed by atoms with Gasteiger partial charge in [-0.25, -0.2) is 8.42 Å². The van der Waals surface area contributed by atoms with Crippen molar-refractivity contribution in [1.29, 1.82) is 0 Å². The number of nitrogens with zero attached hydrogens (tertiary/aromatic N) is 3. The van der Waals surface area contributed by atoms with Crippen molar-refractivity contribution in [3.63, 3.8) is 0 Å². The zero-order valence-corrected chi connectivity index (χ0v) is 20.2. The Balaban J connectivity index is 1.42. The van der Waals surface area contributed by atoms with Crippen LogP contribution in [0.3, 0.4) is 0 Å². The molecule has 2 fully saturated rings. The van der Waals surface area contributed by atoms with Crippen LogP contribution in [0, 0.1) is 0 Å². The van der Waals surface area contributed by atoms with Crippen molar-refractivity contribution in [3.05, 3.63) is 58.6 Å². The number of halogens is 4. The van der Waals surface area contributed by atoms with Crippen molar-refractivity contribution in [2.24, 2.45) is 0 Å². The lowest BCUT2D eigenvalue weighted by Crippen LogP contribution is -2.50. The average molecular weight is 530 g/mol. The molecule has 0 aliphatic carbocycles. The topological polar surface area (TPSA) is 78.0 Å². The first kappa shape index (κ1) is 25.5. The monoisotopic (exact) mass is 529 g/mol. The predicted octanol–water partition coefficient (Wildman–Crippen LogP) is 4.02. The van der Waals surface area contributed by atoms with E-state index in [1.165, 1.54) is 4.90 Å². The maximum absolute atomic E-state index is 13.2. The summed E-state index contributed by atoms with van der Waals surface area (Å²) in [6.07, 6.45) is -2.49. The number of carbonyl (C=O) groups excluding carboxylic acids is 2. The van der Waals surface area contributed by atoms with Gasteiger partial charge in [0.15, 0.2) is 0 Å². The van der Waals surface area contributed by atoms with E-state index >= 15 is 0 Å². The smallest absolute Gasteiger partial charge is 0.336 e. The Morgan fingerprint density at radius 3 is 2.17 bits per heavy atom. The lowest BCUT2D eigenvalue weighted by Gasteiger charge is -2.34. The number of hydrogen-bond acceptors (Lipinski definition) is 4. The van der Waals surface area contributed by atoms with Crippen LogP contribution in [0.2, 0.25) is 5.02 Å². The lowest BCUT2D eigenvalue weighted by molar-refractivity contribution is -0.137. The largest absolute Gasteiger partial charge is 0.417 e. The van der Waals surface area contributed by atoms with Gasteiger partial charge in [-0.15, -0.1) is 0 Å². The quantitative estimate of drug-likeness (QED) is 0.599. The molecule has 2 amide bonds. The number of rotatable bonds is 4. The molecule has 12 heteroatoms. The molecule has 0 spiro atoms. The van der Waals surface area contributed by atoms with Crippen LogP contribution in [0.1, 0.15) is 35.2 Å². The Morgan fingerprint density at radius 1 is 0.914 bits per heavy atom. The molecule has 2 saturated heterocycles. The number of carbonyl (C=O) groups is 2. The predicted molar refractivity (Wildman–Crippen MR) is 124 cm³/mol. The third-order valence-electron chi connectivity index (χ3n) is 6.16. The molecule has 2 aromatic carbocycles. The van der Waals surface area contributed by atoms with Crippen LogP contribution >= 0.6 is 11.6 Å². The summed E-state index contributed by atoms with van der Waals surface area (Å²) in [6, 6.07) is 9.19. The van der Waals surface area contributed by atoms with E-state index < -0.39 is 31.7 Å². The van der Waals surface area contributed by atoms with Crippen LogP contribution in [-0.4, -0.2) is 62.2 Å². The van der Waals surface area contributed by atoms with Gasteiger partial charge in [0, 0.05) is 50.4 Å². The van der Waals surface area contributed by atoms with E-state index in [9.17, 15) is 31.2 Å². The second-order valence-electron chi connectivity index (χ2n) is 8.39. The van der Waals surface area contributed by atoms with E-state index in [-0.39, 0.29) is 38.0 Å². The fraction of sp³-hybridized carbons (Fsp3) is 0.391. The summed E-state index contributed by atoms with van der Waals surface area (Å²) in [4.78, 5) is 27.7. The molecule has 188 valence electrons. The van der Waals surface area contributed by atoms with E-state index in [0.717, 1.165) is 35.0 Å². The fourth-order valence-electron chi connectivity index (χ4n) is 4.21. The molecule has 4 rings (SSSR count). The summed E-state index contributed by atoms with van der Waals surface area (Å²) in [5, 5.41) is -0.581. The number of piperidine rings is 1. The van der Waals surface area contributed by atoms with Crippen molar-refractivity contribution in [3.8, 4) is 0 Å². The first-order valence-electron chi connectivity index (χ1n) is 11.0. The van der Waals surface area contributed by atoms with Gasteiger partial charge in [0.05, 0.1) is 15.5 Å². The summed E-state index contributed by atoms with van der Waals surface area (Å²) in [6.45, 7) is 0.700.